The Morgan fingerprint density at radius 2 is 2.25 bits per heavy atom. The Bertz CT molecular complexity index is 1270. The summed E-state index contributed by atoms with van der Waals surface area (Å²) in [5.74, 6) is 0.516. The minimum absolute atomic E-state index is 0.0267. The zero-order chi connectivity index (χ0) is 22.1. The van der Waals surface area contributed by atoms with Crippen molar-refractivity contribution in [3.05, 3.63) is 69.3 Å². The average molecular weight is 455 g/mol. The lowest BCUT2D eigenvalue weighted by atomic mass is 10.0. The molecule has 0 spiro atoms. The number of benzene rings is 2. The lowest BCUT2D eigenvalue weighted by molar-refractivity contribution is -0.384. The molecular formula is C20H19ClN8O3. The second-order valence-electron chi connectivity index (χ2n) is 7.53. The van der Waals surface area contributed by atoms with Crippen molar-refractivity contribution in [1.29, 1.82) is 0 Å². The number of imidazole rings is 1. The van der Waals surface area contributed by atoms with Gasteiger partial charge in [-0.05, 0) is 53.1 Å². The smallest absolute Gasteiger partial charge is 0.288 e. The van der Waals surface area contributed by atoms with Gasteiger partial charge in [0.1, 0.15) is 11.1 Å². The summed E-state index contributed by atoms with van der Waals surface area (Å²) in [5.41, 5.74) is 2.88. The number of nitro benzene ring substituents is 1. The summed E-state index contributed by atoms with van der Waals surface area (Å²) in [6.45, 7) is 1.22. The van der Waals surface area contributed by atoms with Crippen molar-refractivity contribution in [2.24, 2.45) is 0 Å². The molecular weight excluding hydrogens is 436 g/mol. The minimum atomic E-state index is -0.567. The molecule has 164 valence electrons. The molecule has 0 bridgehead atoms. The fourth-order valence-corrected chi connectivity index (χ4v) is 4.05. The molecule has 2 aromatic carbocycles. The molecule has 2 atom stereocenters. The molecule has 12 heteroatoms. The highest BCUT2D eigenvalue weighted by atomic mass is 35.5. The summed E-state index contributed by atoms with van der Waals surface area (Å²) in [7, 11) is 0. The van der Waals surface area contributed by atoms with E-state index in [0.29, 0.717) is 17.9 Å². The summed E-state index contributed by atoms with van der Waals surface area (Å²) < 4.78 is 7.42. The van der Waals surface area contributed by atoms with E-state index in [2.05, 4.69) is 30.8 Å². The van der Waals surface area contributed by atoms with Crippen LogP contribution in [0.25, 0.3) is 11.0 Å². The number of tetrazole rings is 1. The first-order valence-electron chi connectivity index (χ1n) is 10.1. The highest BCUT2D eigenvalue weighted by molar-refractivity contribution is 6.32. The van der Waals surface area contributed by atoms with Crippen LogP contribution in [-0.2, 0) is 11.3 Å². The third-order valence-electron chi connectivity index (χ3n) is 5.45. The van der Waals surface area contributed by atoms with E-state index in [9.17, 15) is 10.1 Å². The molecule has 1 fully saturated rings. The van der Waals surface area contributed by atoms with Gasteiger partial charge >= 0.3 is 0 Å². The van der Waals surface area contributed by atoms with Crippen molar-refractivity contribution in [3.8, 4) is 0 Å². The number of fused-ring (bicyclic) bond motifs is 1. The highest BCUT2D eigenvalue weighted by Gasteiger charge is 2.27. The Morgan fingerprint density at radius 3 is 3.06 bits per heavy atom. The van der Waals surface area contributed by atoms with Gasteiger partial charge in [-0.2, -0.15) is 0 Å². The van der Waals surface area contributed by atoms with Gasteiger partial charge in [-0.3, -0.25) is 10.1 Å². The number of H-pyrrole nitrogens is 1. The lowest BCUT2D eigenvalue weighted by Crippen LogP contribution is -2.23. The zero-order valence-electron chi connectivity index (χ0n) is 16.8. The van der Waals surface area contributed by atoms with Crippen LogP contribution >= 0.6 is 11.6 Å². The van der Waals surface area contributed by atoms with Crippen LogP contribution in [0.15, 0.2) is 42.7 Å². The fourth-order valence-electron chi connectivity index (χ4n) is 3.87. The van der Waals surface area contributed by atoms with Crippen molar-refractivity contribution in [2.75, 3.05) is 11.9 Å². The maximum atomic E-state index is 11.5. The number of halogens is 1. The van der Waals surface area contributed by atoms with E-state index in [-0.39, 0.29) is 16.8 Å². The molecule has 11 nitrogen and oxygen atoms in total. The maximum absolute atomic E-state index is 11.5. The second-order valence-corrected chi connectivity index (χ2v) is 7.94. The predicted octanol–water partition coefficient (Wildman–Crippen LogP) is 3.49. The van der Waals surface area contributed by atoms with Gasteiger partial charge < -0.3 is 15.0 Å². The van der Waals surface area contributed by atoms with Crippen LogP contribution in [0.4, 0.5) is 11.4 Å². The van der Waals surface area contributed by atoms with Crippen LogP contribution in [0.2, 0.25) is 5.02 Å². The normalized spacial score (nSPS) is 17.0. The number of nitrogens with one attached hydrogen (secondary N) is 2. The van der Waals surface area contributed by atoms with E-state index in [1.165, 1.54) is 12.1 Å². The predicted molar refractivity (Wildman–Crippen MR) is 116 cm³/mol. The van der Waals surface area contributed by atoms with E-state index in [4.69, 9.17) is 16.3 Å². The van der Waals surface area contributed by atoms with E-state index >= 15 is 0 Å². The Kier molecular flexibility index (Phi) is 5.41. The number of aromatic nitrogens is 6. The van der Waals surface area contributed by atoms with Crippen LogP contribution in [0.1, 0.15) is 30.3 Å². The number of hydrogen-bond donors (Lipinski definition) is 2. The van der Waals surface area contributed by atoms with E-state index in [0.717, 1.165) is 36.2 Å². The molecule has 0 radical (unpaired) electrons. The molecule has 1 aliphatic rings. The van der Waals surface area contributed by atoms with E-state index in [1.807, 2.05) is 18.2 Å². The van der Waals surface area contributed by atoms with E-state index in [1.54, 1.807) is 17.1 Å². The highest BCUT2D eigenvalue weighted by Crippen LogP contribution is 2.32. The van der Waals surface area contributed by atoms with Crippen molar-refractivity contribution in [1.82, 2.24) is 30.2 Å². The number of aromatic amines is 1. The van der Waals surface area contributed by atoms with Crippen molar-refractivity contribution < 1.29 is 9.66 Å². The zero-order valence-corrected chi connectivity index (χ0v) is 17.6. The molecule has 2 aromatic heterocycles. The standard InChI is InChI=1S/C20H19ClN8O3/c21-15-5-3-12(8-18(15)29(30)31)19(24-13-4-6-16-17(9-13)23-11-22-16)20-25-26-27-28(20)10-14-2-1-7-32-14/h3-6,8-9,11,14,19,24H,1-2,7,10H2,(H,22,23). The molecule has 32 heavy (non-hydrogen) atoms. The SMILES string of the molecule is O=[N+]([O-])c1cc(C(Nc2ccc3nc[nH]c3c2)c2nnnn2CC2CCCO2)ccc1Cl. The van der Waals surface area contributed by atoms with Crippen LogP contribution in [0.5, 0.6) is 0 Å². The summed E-state index contributed by atoms with van der Waals surface area (Å²) in [4.78, 5) is 18.3. The number of rotatable bonds is 7. The number of anilines is 1. The van der Waals surface area contributed by atoms with Gasteiger partial charge in [0.2, 0.25) is 0 Å². The third-order valence-corrected chi connectivity index (χ3v) is 5.77. The van der Waals surface area contributed by atoms with Gasteiger partial charge in [-0.25, -0.2) is 9.67 Å². The molecule has 0 saturated carbocycles. The summed E-state index contributed by atoms with van der Waals surface area (Å²) in [5, 5.41) is 27.2. The number of nitrogens with zero attached hydrogens (tertiary/aromatic N) is 6. The maximum Gasteiger partial charge on any atom is 0.288 e. The van der Waals surface area contributed by atoms with Crippen molar-refractivity contribution >= 4 is 34.0 Å². The van der Waals surface area contributed by atoms with Gasteiger partial charge in [-0.1, -0.05) is 17.7 Å². The van der Waals surface area contributed by atoms with Gasteiger partial charge in [0.25, 0.3) is 5.69 Å². The Balaban J connectivity index is 1.55. The fraction of sp³-hybridized carbons (Fsp3) is 0.300. The van der Waals surface area contributed by atoms with Gasteiger partial charge in [0.15, 0.2) is 5.82 Å². The average Bonchev–Trinajstić information content (AvgIpc) is 3.55. The first-order chi connectivity index (χ1) is 15.6. The van der Waals surface area contributed by atoms with Gasteiger partial charge in [-0.15, -0.1) is 5.10 Å². The van der Waals surface area contributed by atoms with Crippen LogP contribution in [-0.4, -0.2) is 47.8 Å². The topological polar surface area (TPSA) is 137 Å². The van der Waals surface area contributed by atoms with Crippen LogP contribution in [0, 0.1) is 10.1 Å². The van der Waals surface area contributed by atoms with Crippen molar-refractivity contribution in [2.45, 2.75) is 31.5 Å². The molecule has 5 rings (SSSR count). The molecule has 1 saturated heterocycles. The molecule has 3 heterocycles. The molecule has 0 amide bonds. The molecule has 1 aliphatic heterocycles. The van der Waals surface area contributed by atoms with E-state index < -0.39 is 11.0 Å². The summed E-state index contributed by atoms with van der Waals surface area (Å²) in [6.07, 6.45) is 3.58. The Labute approximate surface area is 186 Å². The molecule has 0 aliphatic carbocycles. The second kappa shape index (κ2) is 8.52. The number of ether oxygens (including phenoxy) is 1. The van der Waals surface area contributed by atoms with Crippen molar-refractivity contribution in [3.63, 3.8) is 0 Å². The lowest BCUT2D eigenvalue weighted by Gasteiger charge is -2.21. The molecule has 4 aromatic rings. The first-order valence-corrected chi connectivity index (χ1v) is 10.5. The summed E-state index contributed by atoms with van der Waals surface area (Å²) >= 11 is 6.04. The number of nitro groups is 1. The largest absolute Gasteiger partial charge is 0.376 e. The van der Waals surface area contributed by atoms with Gasteiger partial charge in [0, 0.05) is 18.4 Å². The molecule has 2 unspecified atom stereocenters. The number of hydrogen-bond acceptors (Lipinski definition) is 8. The Morgan fingerprint density at radius 1 is 1.34 bits per heavy atom. The molecule has 2 N–H and O–H groups in total. The third kappa shape index (κ3) is 3.99. The van der Waals surface area contributed by atoms with Crippen LogP contribution in [0.3, 0.4) is 0 Å². The Hall–Kier alpha value is -3.57. The quantitative estimate of drug-likeness (QED) is 0.320. The first kappa shape index (κ1) is 20.3. The van der Waals surface area contributed by atoms with Gasteiger partial charge in [0.05, 0.1) is 34.9 Å². The van der Waals surface area contributed by atoms with Crippen LogP contribution < -0.4 is 5.32 Å². The summed E-state index contributed by atoms with van der Waals surface area (Å²) in [6, 6.07) is 9.79. The minimum Gasteiger partial charge on any atom is -0.376 e. The monoisotopic (exact) mass is 454 g/mol.